The van der Waals surface area contributed by atoms with Gasteiger partial charge in [-0.3, -0.25) is 4.84 Å². The molecule has 0 saturated carbocycles. The van der Waals surface area contributed by atoms with Gasteiger partial charge in [0.2, 0.25) is 0 Å². The fourth-order valence-corrected chi connectivity index (χ4v) is 3.91. The molecule has 1 saturated heterocycles. The molecule has 1 aliphatic rings. The van der Waals surface area contributed by atoms with Crippen molar-refractivity contribution in [2.24, 2.45) is 0 Å². The van der Waals surface area contributed by atoms with Crippen molar-refractivity contribution in [3.63, 3.8) is 0 Å². The average Bonchev–Trinajstić information content (AvgIpc) is 2.76. The van der Waals surface area contributed by atoms with Gasteiger partial charge in [-0.15, -0.1) is 23.2 Å². The molecule has 0 amide bonds. The van der Waals surface area contributed by atoms with Crippen LogP contribution in [-0.2, 0) is 16.0 Å². The van der Waals surface area contributed by atoms with Gasteiger partial charge in [0, 0.05) is 37.1 Å². The van der Waals surface area contributed by atoms with Crippen LogP contribution < -0.4 is 4.90 Å². The summed E-state index contributed by atoms with van der Waals surface area (Å²) in [6.07, 6.45) is -5.95. The van der Waals surface area contributed by atoms with E-state index in [1.54, 1.807) is 0 Å². The molecule has 1 aromatic rings. The summed E-state index contributed by atoms with van der Waals surface area (Å²) in [5.41, 5.74) is 2.17. The van der Waals surface area contributed by atoms with Gasteiger partial charge in [0.25, 0.3) is 0 Å². The predicted molar refractivity (Wildman–Crippen MR) is 115 cm³/mol. The molecule has 1 fully saturated rings. The largest absolute Gasteiger partial charge is 0.394 e. The van der Waals surface area contributed by atoms with Gasteiger partial charge in [-0.25, -0.2) is 4.39 Å². The van der Waals surface area contributed by atoms with Crippen LogP contribution in [0.1, 0.15) is 12.0 Å². The Balaban J connectivity index is 1.91. The molecule has 10 heteroatoms. The summed E-state index contributed by atoms with van der Waals surface area (Å²) >= 11 is 11.7. The Hall–Kier alpha value is -0.710. The molecule has 1 aliphatic heterocycles. The van der Waals surface area contributed by atoms with E-state index in [9.17, 15) is 19.7 Å². The first-order valence-electron chi connectivity index (χ1n) is 9.99. The fraction of sp³-hybridized carbons (Fsp3) is 0.700. The van der Waals surface area contributed by atoms with E-state index in [0.717, 1.165) is 30.8 Å². The number of ether oxygens (including phenoxy) is 1. The quantitative estimate of drug-likeness (QED) is 0.316. The van der Waals surface area contributed by atoms with Gasteiger partial charge in [0.05, 0.1) is 13.7 Å². The highest BCUT2D eigenvalue weighted by molar-refractivity contribution is 6.18. The molecule has 1 heterocycles. The third-order valence-electron chi connectivity index (χ3n) is 5.19. The molecule has 0 bridgehead atoms. The first-order chi connectivity index (χ1) is 14.5. The van der Waals surface area contributed by atoms with E-state index in [0.29, 0.717) is 24.7 Å². The van der Waals surface area contributed by atoms with E-state index in [1.807, 2.05) is 24.3 Å². The van der Waals surface area contributed by atoms with Gasteiger partial charge in [0.1, 0.15) is 18.3 Å². The molecule has 1 aromatic carbocycles. The van der Waals surface area contributed by atoms with Crippen molar-refractivity contribution in [2.45, 2.75) is 43.6 Å². The second kappa shape index (κ2) is 13.0. The Labute approximate surface area is 186 Å². The maximum absolute atomic E-state index is 14.2. The molecule has 0 unspecified atom stereocenters. The van der Waals surface area contributed by atoms with Crippen LogP contribution in [0.25, 0.3) is 0 Å². The molecule has 7 nitrogen and oxygen atoms in total. The Morgan fingerprint density at radius 2 is 1.70 bits per heavy atom. The maximum atomic E-state index is 14.2. The van der Waals surface area contributed by atoms with Crippen molar-refractivity contribution in [1.82, 2.24) is 5.06 Å². The lowest BCUT2D eigenvalue weighted by Gasteiger charge is -2.42. The summed E-state index contributed by atoms with van der Waals surface area (Å²) in [5, 5.41) is 30.5. The van der Waals surface area contributed by atoms with Gasteiger partial charge < -0.3 is 25.0 Å². The lowest BCUT2D eigenvalue weighted by Crippen LogP contribution is -2.61. The number of benzene rings is 1. The fourth-order valence-electron chi connectivity index (χ4n) is 3.50. The van der Waals surface area contributed by atoms with Crippen LogP contribution in [0.2, 0.25) is 0 Å². The third-order valence-corrected chi connectivity index (χ3v) is 5.53. The Morgan fingerprint density at radius 3 is 2.23 bits per heavy atom. The number of anilines is 1. The number of hydroxylamine groups is 2. The molecular formula is C20H31Cl2FN2O5. The number of hydrogen-bond acceptors (Lipinski definition) is 7. The van der Waals surface area contributed by atoms with Crippen LogP contribution in [0.3, 0.4) is 0 Å². The second-order valence-corrected chi connectivity index (χ2v) is 7.89. The second-order valence-electron chi connectivity index (χ2n) is 7.13. The molecule has 0 aliphatic carbocycles. The average molecular weight is 469 g/mol. The highest BCUT2D eigenvalue weighted by Gasteiger charge is 2.47. The lowest BCUT2D eigenvalue weighted by atomic mass is 9.99. The van der Waals surface area contributed by atoms with E-state index >= 15 is 0 Å². The molecule has 0 radical (unpaired) electrons. The van der Waals surface area contributed by atoms with Crippen LogP contribution in [0.4, 0.5) is 10.1 Å². The molecule has 0 aromatic heterocycles. The summed E-state index contributed by atoms with van der Waals surface area (Å²) in [4.78, 5) is 7.39. The number of hydrogen-bond donors (Lipinski definition) is 3. The van der Waals surface area contributed by atoms with E-state index < -0.39 is 37.3 Å². The molecule has 3 N–H and O–H groups in total. The minimum atomic E-state index is -1.94. The minimum absolute atomic E-state index is 0.367. The zero-order chi connectivity index (χ0) is 22.1. The number of alkyl halides is 3. The van der Waals surface area contributed by atoms with E-state index in [1.165, 1.54) is 12.2 Å². The Kier molecular flexibility index (Phi) is 11.1. The van der Waals surface area contributed by atoms with Crippen LogP contribution in [-0.4, -0.2) is 96.2 Å². The number of halogens is 3. The van der Waals surface area contributed by atoms with Gasteiger partial charge >= 0.3 is 0 Å². The van der Waals surface area contributed by atoms with E-state index in [2.05, 4.69) is 4.90 Å². The molecule has 172 valence electrons. The van der Waals surface area contributed by atoms with Crippen LogP contribution in [0.15, 0.2) is 24.3 Å². The summed E-state index contributed by atoms with van der Waals surface area (Å²) in [7, 11) is 1.40. The first-order valence-corrected chi connectivity index (χ1v) is 11.1. The number of aliphatic hydroxyl groups is 3. The van der Waals surface area contributed by atoms with Crippen molar-refractivity contribution in [1.29, 1.82) is 0 Å². The number of aliphatic hydroxyl groups excluding tert-OH is 3. The smallest absolute Gasteiger partial charge is 0.162 e. The van der Waals surface area contributed by atoms with Crippen LogP contribution in [0, 0.1) is 0 Å². The topological polar surface area (TPSA) is 85.6 Å². The molecule has 2 rings (SSSR count). The SMILES string of the molecule is CON(CCCc1ccc(N(CCCl)CCCl)cc1)[C@@H]1O[C@H](CO)[C@@H](O)[C@H](F)[C@H]1O. The van der Waals surface area contributed by atoms with Crippen LogP contribution in [0.5, 0.6) is 0 Å². The highest BCUT2D eigenvalue weighted by atomic mass is 35.5. The first kappa shape index (κ1) is 25.5. The van der Waals surface area contributed by atoms with Gasteiger partial charge in [-0.1, -0.05) is 12.1 Å². The van der Waals surface area contributed by atoms with Gasteiger partial charge in [-0.2, -0.15) is 5.06 Å². The molecule has 0 spiro atoms. The van der Waals surface area contributed by atoms with Crippen molar-refractivity contribution in [3.05, 3.63) is 29.8 Å². The van der Waals surface area contributed by atoms with Gasteiger partial charge in [-0.05, 0) is 30.5 Å². The lowest BCUT2D eigenvalue weighted by molar-refractivity contribution is -0.320. The molecular weight excluding hydrogens is 438 g/mol. The van der Waals surface area contributed by atoms with Crippen molar-refractivity contribution < 1.29 is 29.3 Å². The van der Waals surface area contributed by atoms with Gasteiger partial charge in [0.15, 0.2) is 12.4 Å². The van der Waals surface area contributed by atoms with Crippen molar-refractivity contribution in [3.8, 4) is 0 Å². The summed E-state index contributed by atoms with van der Waals surface area (Å²) in [6, 6.07) is 8.11. The summed E-state index contributed by atoms with van der Waals surface area (Å²) in [6.45, 7) is 1.25. The van der Waals surface area contributed by atoms with Crippen LogP contribution >= 0.6 is 23.2 Å². The summed E-state index contributed by atoms with van der Waals surface area (Å²) in [5.74, 6) is 1.04. The number of nitrogens with zero attached hydrogens (tertiary/aromatic N) is 2. The maximum Gasteiger partial charge on any atom is 0.162 e. The summed E-state index contributed by atoms with van der Waals surface area (Å²) < 4.78 is 19.6. The number of rotatable bonds is 12. The zero-order valence-corrected chi connectivity index (χ0v) is 18.6. The standard InChI is InChI=1S/C20H31Cl2FN2O5/c1-29-25(20-19(28)17(23)18(27)16(13-26)30-20)10-2-3-14-4-6-15(7-5-14)24(11-8-21)12-9-22/h4-7,16-20,26-28H,2-3,8-13H2,1H3/t16-,17+,18-,19-,20-/m1/s1. The Morgan fingerprint density at radius 1 is 1.07 bits per heavy atom. The molecule has 30 heavy (non-hydrogen) atoms. The normalized spacial score (nSPS) is 26.9. The zero-order valence-electron chi connectivity index (χ0n) is 17.0. The highest BCUT2D eigenvalue weighted by Crippen LogP contribution is 2.26. The van der Waals surface area contributed by atoms with E-state index in [4.69, 9.17) is 32.8 Å². The third kappa shape index (κ3) is 6.64. The molecule has 5 atom stereocenters. The number of aryl methyl sites for hydroxylation is 1. The monoisotopic (exact) mass is 468 g/mol. The van der Waals surface area contributed by atoms with Crippen molar-refractivity contribution >= 4 is 28.9 Å². The predicted octanol–water partition coefficient (Wildman–Crippen LogP) is 1.54. The Bertz CT molecular complexity index is 607. The minimum Gasteiger partial charge on any atom is -0.394 e. The van der Waals surface area contributed by atoms with Crippen molar-refractivity contribution in [2.75, 3.05) is 50.0 Å². The van der Waals surface area contributed by atoms with E-state index in [-0.39, 0.29) is 0 Å².